The van der Waals surface area contributed by atoms with Crippen LogP contribution >= 0.6 is 0 Å². The van der Waals surface area contributed by atoms with E-state index in [0.717, 1.165) is 0 Å². The van der Waals surface area contributed by atoms with E-state index in [0.29, 0.717) is 50.1 Å². The van der Waals surface area contributed by atoms with Crippen LogP contribution < -0.4 is 5.32 Å². The summed E-state index contributed by atoms with van der Waals surface area (Å²) >= 11 is 0. The van der Waals surface area contributed by atoms with Crippen LogP contribution in [0, 0.1) is 5.82 Å². The molecule has 1 atom stereocenters. The average Bonchev–Trinajstić information content (AvgIpc) is 3.23. The fraction of sp³-hybridized carbons (Fsp3) is 0.423. The van der Waals surface area contributed by atoms with E-state index in [1.165, 1.54) is 24.3 Å². The minimum Gasteiger partial charge on any atom is -0.353 e. The zero-order valence-corrected chi connectivity index (χ0v) is 20.1. The van der Waals surface area contributed by atoms with Crippen LogP contribution in [0.3, 0.4) is 0 Å². The summed E-state index contributed by atoms with van der Waals surface area (Å²) in [4.78, 5) is 44.8. The highest BCUT2D eigenvalue weighted by Gasteiger charge is 2.54. The van der Waals surface area contributed by atoms with Crippen molar-refractivity contribution in [2.45, 2.75) is 24.6 Å². The van der Waals surface area contributed by atoms with Crippen LogP contribution in [0.15, 0.2) is 54.6 Å². The van der Waals surface area contributed by atoms with Crippen molar-refractivity contribution < 1.29 is 23.5 Å². The maximum absolute atomic E-state index is 13.6. The van der Waals surface area contributed by atoms with Crippen LogP contribution in [0.25, 0.3) is 0 Å². The minimum absolute atomic E-state index is 0.0955. The Hall–Kier alpha value is -3.30. The van der Waals surface area contributed by atoms with Gasteiger partial charge in [0, 0.05) is 50.1 Å². The number of halogens is 1. The number of piperidine rings is 1. The molecule has 0 saturated carbocycles. The van der Waals surface area contributed by atoms with Crippen molar-refractivity contribution in [1.82, 2.24) is 20.0 Å². The molecule has 9 heteroatoms. The zero-order chi connectivity index (χ0) is 25.0. The van der Waals surface area contributed by atoms with Crippen LogP contribution in [0.1, 0.15) is 33.6 Å². The molecule has 2 aliphatic rings. The Balaban J connectivity index is 1.52. The summed E-state index contributed by atoms with van der Waals surface area (Å²) in [6.07, 6.45) is 0.750. The topological polar surface area (TPSA) is 82.2 Å². The number of ether oxygens (including phenoxy) is 1. The monoisotopic (exact) mass is 482 g/mol. The second-order valence-electron chi connectivity index (χ2n) is 9.21. The highest BCUT2D eigenvalue weighted by Crippen LogP contribution is 2.38. The lowest BCUT2D eigenvalue weighted by Gasteiger charge is -2.44. The smallest absolute Gasteiger partial charge is 0.256 e. The molecule has 2 saturated heterocycles. The predicted octanol–water partition coefficient (Wildman–Crippen LogP) is 1.98. The molecule has 2 heterocycles. The van der Waals surface area contributed by atoms with E-state index in [4.69, 9.17) is 4.74 Å². The molecule has 2 aromatic rings. The van der Waals surface area contributed by atoms with Gasteiger partial charge in [0.2, 0.25) is 5.91 Å². The minimum atomic E-state index is -0.976. The quantitative estimate of drug-likeness (QED) is 0.681. The molecule has 4 rings (SSSR count). The van der Waals surface area contributed by atoms with Gasteiger partial charge in [-0.2, -0.15) is 0 Å². The van der Waals surface area contributed by atoms with Gasteiger partial charge < -0.3 is 19.9 Å². The third kappa shape index (κ3) is 5.36. The number of hydrogen-bond donors (Lipinski definition) is 1. The Morgan fingerprint density at radius 3 is 2.26 bits per heavy atom. The molecule has 35 heavy (non-hydrogen) atoms. The normalized spacial score (nSPS) is 19.3. The fourth-order valence-electron chi connectivity index (χ4n) is 4.64. The van der Waals surface area contributed by atoms with Gasteiger partial charge in [-0.25, -0.2) is 4.39 Å². The number of carbonyl (C=O) groups is 3. The summed E-state index contributed by atoms with van der Waals surface area (Å²) in [5.74, 6) is -1.12. The van der Waals surface area contributed by atoms with Crippen LogP contribution in [-0.4, -0.2) is 91.1 Å². The predicted molar refractivity (Wildman–Crippen MR) is 128 cm³/mol. The number of likely N-dealkylation sites (N-methyl/N-ethyl adjacent to an activating group) is 1. The molecule has 0 radical (unpaired) electrons. The van der Waals surface area contributed by atoms with Crippen LogP contribution in [0.5, 0.6) is 0 Å². The number of carbonyl (C=O) groups excluding carboxylic acids is 3. The fourth-order valence-corrected chi connectivity index (χ4v) is 4.64. The number of nitrogens with one attached hydrogen (secondary N) is 1. The molecule has 1 N–H and O–H groups in total. The molecule has 186 valence electrons. The summed E-state index contributed by atoms with van der Waals surface area (Å²) in [5, 5.41) is 2.92. The summed E-state index contributed by atoms with van der Waals surface area (Å²) in [6.45, 7) is 1.94. The molecule has 0 aromatic heterocycles. The number of amides is 3. The van der Waals surface area contributed by atoms with Crippen molar-refractivity contribution in [2.75, 3.05) is 46.9 Å². The molecule has 0 bridgehead atoms. The zero-order valence-electron chi connectivity index (χ0n) is 20.1. The van der Waals surface area contributed by atoms with Gasteiger partial charge in [-0.1, -0.05) is 18.2 Å². The standard InChI is InChI=1S/C26H31FN4O4/c1-29(2)17-14-28-23(32)22-18-35-26(31(22)25(34)19-6-4-3-5-7-19)12-15-30(16-13-26)24(33)20-8-10-21(27)11-9-20/h3-11,22H,12-18H2,1-2H3,(H,28,32)/t22-/m1/s1. The lowest BCUT2D eigenvalue weighted by atomic mass is 9.96. The molecule has 2 aromatic carbocycles. The van der Waals surface area contributed by atoms with Gasteiger partial charge in [-0.15, -0.1) is 0 Å². The molecule has 2 aliphatic heterocycles. The molecule has 0 unspecified atom stereocenters. The van der Waals surface area contributed by atoms with Crippen LogP contribution in [0.2, 0.25) is 0 Å². The number of likely N-dealkylation sites (tertiary alicyclic amines) is 1. The first-order chi connectivity index (χ1) is 16.8. The van der Waals surface area contributed by atoms with E-state index in [-0.39, 0.29) is 24.3 Å². The molecule has 1 spiro atoms. The summed E-state index contributed by atoms with van der Waals surface area (Å²) in [6, 6.07) is 13.5. The molecular formula is C26H31FN4O4. The third-order valence-electron chi connectivity index (χ3n) is 6.58. The Bertz CT molecular complexity index is 1050. The van der Waals surface area contributed by atoms with E-state index < -0.39 is 17.6 Å². The van der Waals surface area contributed by atoms with Crippen molar-refractivity contribution in [1.29, 1.82) is 0 Å². The lowest BCUT2D eigenvalue weighted by Crippen LogP contribution is -2.60. The second-order valence-corrected chi connectivity index (χ2v) is 9.21. The Kier molecular flexibility index (Phi) is 7.47. The first-order valence-corrected chi connectivity index (χ1v) is 11.8. The largest absolute Gasteiger partial charge is 0.353 e. The summed E-state index contributed by atoms with van der Waals surface area (Å²) in [7, 11) is 3.85. The van der Waals surface area contributed by atoms with Crippen molar-refractivity contribution in [3.63, 3.8) is 0 Å². The number of rotatable bonds is 6. The number of benzene rings is 2. The Morgan fingerprint density at radius 2 is 1.63 bits per heavy atom. The van der Waals surface area contributed by atoms with Crippen LogP contribution in [-0.2, 0) is 9.53 Å². The van der Waals surface area contributed by atoms with Gasteiger partial charge in [0.05, 0.1) is 6.61 Å². The molecular weight excluding hydrogens is 451 g/mol. The maximum Gasteiger partial charge on any atom is 0.256 e. The van der Waals surface area contributed by atoms with Crippen LogP contribution in [0.4, 0.5) is 4.39 Å². The number of nitrogens with zero attached hydrogens (tertiary/aromatic N) is 3. The summed E-state index contributed by atoms with van der Waals surface area (Å²) < 4.78 is 19.4. The van der Waals surface area contributed by atoms with Crippen molar-refractivity contribution in [3.05, 3.63) is 71.5 Å². The maximum atomic E-state index is 13.6. The van der Waals surface area contributed by atoms with E-state index in [2.05, 4.69) is 5.32 Å². The van der Waals surface area contributed by atoms with E-state index in [9.17, 15) is 18.8 Å². The summed E-state index contributed by atoms with van der Waals surface area (Å²) in [5.41, 5.74) is -0.0888. The Morgan fingerprint density at radius 1 is 1.00 bits per heavy atom. The highest BCUT2D eigenvalue weighted by atomic mass is 19.1. The highest BCUT2D eigenvalue weighted by molar-refractivity contribution is 5.98. The molecule has 3 amide bonds. The van der Waals surface area contributed by atoms with E-state index >= 15 is 0 Å². The van der Waals surface area contributed by atoms with Gasteiger partial charge in [0.25, 0.3) is 11.8 Å². The van der Waals surface area contributed by atoms with Gasteiger partial charge in [0.1, 0.15) is 17.6 Å². The SMILES string of the molecule is CN(C)CCNC(=O)[C@H]1COC2(CCN(C(=O)c3ccc(F)cc3)CC2)N1C(=O)c1ccccc1. The van der Waals surface area contributed by atoms with E-state index in [1.54, 1.807) is 34.1 Å². The van der Waals surface area contributed by atoms with Crippen molar-refractivity contribution in [3.8, 4) is 0 Å². The average molecular weight is 483 g/mol. The van der Waals surface area contributed by atoms with Crippen molar-refractivity contribution in [2.24, 2.45) is 0 Å². The molecule has 8 nitrogen and oxygen atoms in total. The Labute approximate surface area is 204 Å². The first-order valence-electron chi connectivity index (χ1n) is 11.8. The van der Waals surface area contributed by atoms with Gasteiger partial charge in [-0.05, 0) is 50.5 Å². The van der Waals surface area contributed by atoms with E-state index in [1.807, 2.05) is 25.1 Å². The number of hydrogen-bond acceptors (Lipinski definition) is 5. The van der Waals surface area contributed by atoms with Crippen molar-refractivity contribution >= 4 is 17.7 Å². The second kappa shape index (κ2) is 10.5. The van der Waals surface area contributed by atoms with Gasteiger partial charge in [0.15, 0.2) is 0 Å². The van der Waals surface area contributed by atoms with Gasteiger partial charge in [-0.3, -0.25) is 19.3 Å². The third-order valence-corrected chi connectivity index (χ3v) is 6.58. The molecule has 2 fully saturated rings. The van der Waals surface area contributed by atoms with Gasteiger partial charge >= 0.3 is 0 Å². The molecule has 0 aliphatic carbocycles. The first kappa shape index (κ1) is 24.8. The lowest BCUT2D eigenvalue weighted by molar-refractivity contribution is -0.128.